The van der Waals surface area contributed by atoms with Gasteiger partial charge in [0.1, 0.15) is 12.4 Å². The van der Waals surface area contributed by atoms with Crippen LogP contribution in [0.25, 0.3) is 0 Å². The number of anilines is 2. The van der Waals surface area contributed by atoms with E-state index in [0.29, 0.717) is 23.7 Å². The SMILES string of the molecule is Cl.Cl.Nc1ccc(OCC2CCCCO2)c(N)c1. The third kappa shape index (κ3) is 4.80. The summed E-state index contributed by atoms with van der Waals surface area (Å²) in [4.78, 5) is 0. The van der Waals surface area contributed by atoms with Crippen molar-refractivity contribution in [2.75, 3.05) is 24.7 Å². The fraction of sp³-hybridized carbons (Fsp3) is 0.500. The van der Waals surface area contributed by atoms with Gasteiger partial charge in [-0.2, -0.15) is 0 Å². The molecule has 1 saturated heterocycles. The number of nitrogens with two attached hydrogens (primary N) is 2. The van der Waals surface area contributed by atoms with Crippen molar-refractivity contribution in [2.45, 2.75) is 25.4 Å². The minimum atomic E-state index is 0. The minimum Gasteiger partial charge on any atom is -0.489 e. The van der Waals surface area contributed by atoms with Crippen LogP contribution < -0.4 is 16.2 Å². The first-order valence-electron chi connectivity index (χ1n) is 5.65. The van der Waals surface area contributed by atoms with Gasteiger partial charge in [-0.25, -0.2) is 0 Å². The summed E-state index contributed by atoms with van der Waals surface area (Å²) in [5.41, 5.74) is 12.6. The Morgan fingerprint density at radius 2 is 2.00 bits per heavy atom. The molecule has 0 aliphatic carbocycles. The summed E-state index contributed by atoms with van der Waals surface area (Å²) in [6.45, 7) is 1.40. The minimum absolute atomic E-state index is 0. The van der Waals surface area contributed by atoms with E-state index in [0.717, 1.165) is 19.4 Å². The van der Waals surface area contributed by atoms with Crippen LogP contribution in [0, 0.1) is 0 Å². The second kappa shape index (κ2) is 8.29. The summed E-state index contributed by atoms with van der Waals surface area (Å²) in [6, 6.07) is 5.29. The van der Waals surface area contributed by atoms with Crippen molar-refractivity contribution in [2.24, 2.45) is 0 Å². The molecule has 1 unspecified atom stereocenters. The van der Waals surface area contributed by atoms with Crippen molar-refractivity contribution in [1.82, 2.24) is 0 Å². The van der Waals surface area contributed by atoms with Crippen molar-refractivity contribution in [3.05, 3.63) is 18.2 Å². The van der Waals surface area contributed by atoms with Crippen LogP contribution in [-0.2, 0) is 4.74 Å². The molecule has 1 aliphatic heterocycles. The highest BCUT2D eigenvalue weighted by Crippen LogP contribution is 2.24. The second-order valence-electron chi connectivity index (χ2n) is 4.10. The molecule has 0 saturated carbocycles. The maximum Gasteiger partial charge on any atom is 0.142 e. The van der Waals surface area contributed by atoms with Crippen LogP contribution in [0.2, 0.25) is 0 Å². The number of benzene rings is 1. The van der Waals surface area contributed by atoms with Gasteiger partial charge in [0.25, 0.3) is 0 Å². The van der Waals surface area contributed by atoms with Crippen molar-refractivity contribution >= 4 is 36.2 Å². The molecule has 0 spiro atoms. The molecule has 4 N–H and O–H groups in total. The molecular formula is C12H20Cl2N2O2. The predicted molar refractivity (Wildman–Crippen MR) is 78.8 cm³/mol. The largest absolute Gasteiger partial charge is 0.489 e. The maximum absolute atomic E-state index is 5.79. The summed E-state index contributed by atoms with van der Waals surface area (Å²) in [5.74, 6) is 0.684. The first kappa shape index (κ1) is 17.2. The molecule has 0 bridgehead atoms. The molecular weight excluding hydrogens is 275 g/mol. The lowest BCUT2D eigenvalue weighted by Crippen LogP contribution is -2.25. The summed E-state index contributed by atoms with van der Waals surface area (Å²) in [6.07, 6.45) is 3.63. The Bertz CT molecular complexity index is 358. The van der Waals surface area contributed by atoms with Crippen molar-refractivity contribution in [3.63, 3.8) is 0 Å². The van der Waals surface area contributed by atoms with E-state index < -0.39 is 0 Å². The van der Waals surface area contributed by atoms with E-state index in [-0.39, 0.29) is 30.9 Å². The molecule has 1 aromatic rings. The number of halogens is 2. The van der Waals surface area contributed by atoms with E-state index in [1.807, 2.05) is 0 Å². The summed E-state index contributed by atoms with van der Waals surface area (Å²) in [5, 5.41) is 0. The van der Waals surface area contributed by atoms with Gasteiger partial charge >= 0.3 is 0 Å². The average Bonchev–Trinajstić information content (AvgIpc) is 2.29. The molecule has 6 heteroatoms. The summed E-state index contributed by atoms with van der Waals surface area (Å²) < 4.78 is 11.2. The highest BCUT2D eigenvalue weighted by molar-refractivity contribution is 5.85. The smallest absolute Gasteiger partial charge is 0.142 e. The Kier molecular flexibility index (Phi) is 7.91. The van der Waals surface area contributed by atoms with Gasteiger partial charge in [-0.05, 0) is 37.5 Å². The molecule has 0 radical (unpaired) electrons. The number of rotatable bonds is 3. The fourth-order valence-corrected chi connectivity index (χ4v) is 1.82. The second-order valence-corrected chi connectivity index (χ2v) is 4.10. The Morgan fingerprint density at radius 3 is 2.61 bits per heavy atom. The molecule has 1 heterocycles. The monoisotopic (exact) mass is 294 g/mol. The van der Waals surface area contributed by atoms with Crippen molar-refractivity contribution < 1.29 is 9.47 Å². The molecule has 2 rings (SSSR count). The lowest BCUT2D eigenvalue weighted by atomic mass is 10.1. The first-order chi connectivity index (χ1) is 7.75. The molecule has 1 aromatic carbocycles. The van der Waals surface area contributed by atoms with Gasteiger partial charge in [0, 0.05) is 12.3 Å². The van der Waals surface area contributed by atoms with Crippen LogP contribution in [0.3, 0.4) is 0 Å². The van der Waals surface area contributed by atoms with Crippen LogP contribution in [0.15, 0.2) is 18.2 Å². The lowest BCUT2D eigenvalue weighted by Gasteiger charge is -2.22. The van der Waals surface area contributed by atoms with Gasteiger partial charge in [0.05, 0.1) is 11.8 Å². The molecule has 104 valence electrons. The van der Waals surface area contributed by atoms with Crippen molar-refractivity contribution in [3.8, 4) is 5.75 Å². The number of hydrogen-bond acceptors (Lipinski definition) is 4. The molecule has 1 fully saturated rings. The molecule has 0 aromatic heterocycles. The Labute approximate surface area is 120 Å². The maximum atomic E-state index is 5.79. The third-order valence-electron chi connectivity index (χ3n) is 2.73. The third-order valence-corrected chi connectivity index (χ3v) is 2.73. The van der Waals surface area contributed by atoms with Gasteiger partial charge < -0.3 is 20.9 Å². The average molecular weight is 295 g/mol. The Hall–Kier alpha value is -0.840. The van der Waals surface area contributed by atoms with E-state index >= 15 is 0 Å². The van der Waals surface area contributed by atoms with Crippen molar-refractivity contribution in [1.29, 1.82) is 0 Å². The lowest BCUT2D eigenvalue weighted by molar-refractivity contribution is -0.0109. The standard InChI is InChI=1S/C12H18N2O2.2ClH/c13-9-4-5-12(11(14)7-9)16-8-10-3-1-2-6-15-10;;/h4-5,7,10H,1-3,6,8,13-14H2;2*1H. The van der Waals surface area contributed by atoms with E-state index in [1.165, 1.54) is 6.42 Å². The number of ether oxygens (including phenoxy) is 2. The van der Waals surface area contributed by atoms with E-state index in [2.05, 4.69) is 0 Å². The van der Waals surface area contributed by atoms with Gasteiger partial charge in [-0.1, -0.05) is 0 Å². The van der Waals surface area contributed by atoms with Crippen LogP contribution in [0.1, 0.15) is 19.3 Å². The molecule has 4 nitrogen and oxygen atoms in total. The highest BCUT2D eigenvalue weighted by Gasteiger charge is 2.14. The normalized spacial score (nSPS) is 18.3. The summed E-state index contributed by atoms with van der Waals surface area (Å²) in [7, 11) is 0. The van der Waals surface area contributed by atoms with Crippen LogP contribution in [-0.4, -0.2) is 19.3 Å². The van der Waals surface area contributed by atoms with Gasteiger partial charge in [-0.3, -0.25) is 0 Å². The summed E-state index contributed by atoms with van der Waals surface area (Å²) >= 11 is 0. The fourth-order valence-electron chi connectivity index (χ4n) is 1.82. The quantitative estimate of drug-likeness (QED) is 0.841. The molecule has 1 aliphatic rings. The van der Waals surface area contributed by atoms with Gasteiger partial charge in [-0.15, -0.1) is 24.8 Å². The van der Waals surface area contributed by atoms with Crippen LogP contribution >= 0.6 is 24.8 Å². The zero-order valence-corrected chi connectivity index (χ0v) is 11.8. The highest BCUT2D eigenvalue weighted by atomic mass is 35.5. The topological polar surface area (TPSA) is 70.5 Å². The van der Waals surface area contributed by atoms with Gasteiger partial charge in [0.15, 0.2) is 0 Å². The molecule has 18 heavy (non-hydrogen) atoms. The predicted octanol–water partition coefficient (Wildman–Crippen LogP) is 2.64. The Morgan fingerprint density at radius 1 is 1.22 bits per heavy atom. The van der Waals surface area contributed by atoms with Crippen LogP contribution in [0.5, 0.6) is 5.75 Å². The molecule has 0 amide bonds. The van der Waals surface area contributed by atoms with Crippen LogP contribution in [0.4, 0.5) is 11.4 Å². The zero-order valence-electron chi connectivity index (χ0n) is 10.1. The zero-order chi connectivity index (χ0) is 11.4. The Balaban J connectivity index is 0.00000144. The number of nitrogen functional groups attached to an aromatic ring is 2. The number of hydrogen-bond donors (Lipinski definition) is 2. The van der Waals surface area contributed by atoms with E-state index in [9.17, 15) is 0 Å². The first-order valence-corrected chi connectivity index (χ1v) is 5.65. The molecule has 1 atom stereocenters. The van der Waals surface area contributed by atoms with Gasteiger partial charge in [0.2, 0.25) is 0 Å². The van der Waals surface area contributed by atoms with E-state index in [1.54, 1.807) is 18.2 Å². The van der Waals surface area contributed by atoms with E-state index in [4.69, 9.17) is 20.9 Å².